The van der Waals surface area contributed by atoms with Crippen molar-refractivity contribution in [2.24, 2.45) is 0 Å². The van der Waals surface area contributed by atoms with Crippen molar-refractivity contribution >= 4 is 0 Å². The number of methoxy groups -OCH3 is 2. The number of rotatable bonds is 11. The van der Waals surface area contributed by atoms with Crippen LogP contribution in [0.4, 0.5) is 0 Å². The zero-order valence-corrected chi connectivity index (χ0v) is 13.4. The fourth-order valence-electron chi connectivity index (χ4n) is 2.61. The van der Waals surface area contributed by atoms with Gasteiger partial charge in [0.05, 0.1) is 14.2 Å². The van der Waals surface area contributed by atoms with Crippen LogP contribution in [-0.4, -0.2) is 14.2 Å². The molecule has 1 aromatic carbocycles. The Hall–Kier alpha value is -1.18. The largest absolute Gasteiger partial charge is 0.496 e. The normalized spacial score (nSPS) is 10.6. The van der Waals surface area contributed by atoms with Crippen molar-refractivity contribution in [2.45, 2.75) is 64.7 Å². The van der Waals surface area contributed by atoms with Gasteiger partial charge in [-0.1, -0.05) is 57.9 Å². The minimum Gasteiger partial charge on any atom is -0.496 e. The predicted octanol–water partition coefficient (Wildman–Crippen LogP) is 5.39. The van der Waals surface area contributed by atoms with E-state index in [1.165, 1.54) is 56.9 Å². The highest BCUT2D eigenvalue weighted by molar-refractivity contribution is 5.44. The van der Waals surface area contributed by atoms with E-state index in [-0.39, 0.29) is 0 Å². The van der Waals surface area contributed by atoms with Gasteiger partial charge >= 0.3 is 0 Å². The van der Waals surface area contributed by atoms with Crippen LogP contribution in [0.15, 0.2) is 18.2 Å². The van der Waals surface area contributed by atoms with Gasteiger partial charge in [0.2, 0.25) is 0 Å². The van der Waals surface area contributed by atoms with Crippen LogP contribution < -0.4 is 9.47 Å². The van der Waals surface area contributed by atoms with Crippen molar-refractivity contribution in [3.05, 3.63) is 23.8 Å². The fraction of sp³-hybridized carbons (Fsp3) is 0.667. The number of unbranched alkanes of at least 4 members (excludes halogenated alkanes) is 7. The summed E-state index contributed by atoms with van der Waals surface area (Å²) in [6.07, 6.45) is 11.8. The van der Waals surface area contributed by atoms with E-state index in [0.717, 1.165) is 17.9 Å². The molecule has 0 aliphatic carbocycles. The van der Waals surface area contributed by atoms with Crippen molar-refractivity contribution in [2.75, 3.05) is 14.2 Å². The Balaban J connectivity index is 2.27. The maximum absolute atomic E-state index is 5.43. The molecule has 0 aliphatic rings. The summed E-state index contributed by atoms with van der Waals surface area (Å²) in [4.78, 5) is 0. The number of ether oxygens (including phenoxy) is 2. The lowest BCUT2D eigenvalue weighted by atomic mass is 10.0. The number of benzene rings is 1. The smallest absolute Gasteiger partial charge is 0.125 e. The lowest BCUT2D eigenvalue weighted by Gasteiger charge is -2.12. The molecule has 1 rings (SSSR count). The Bertz CT molecular complexity index is 338. The van der Waals surface area contributed by atoms with Crippen molar-refractivity contribution in [3.63, 3.8) is 0 Å². The molecule has 0 fully saturated rings. The van der Waals surface area contributed by atoms with Gasteiger partial charge < -0.3 is 9.47 Å². The van der Waals surface area contributed by atoms with Gasteiger partial charge in [0.25, 0.3) is 0 Å². The molecule has 0 unspecified atom stereocenters. The van der Waals surface area contributed by atoms with Gasteiger partial charge in [-0.25, -0.2) is 0 Å². The second kappa shape index (κ2) is 10.6. The molecular weight excluding hydrogens is 248 g/mol. The molecule has 0 aromatic heterocycles. The molecule has 20 heavy (non-hydrogen) atoms. The molecule has 0 saturated heterocycles. The lowest BCUT2D eigenvalue weighted by Crippen LogP contribution is -1.97. The summed E-state index contributed by atoms with van der Waals surface area (Å²) < 4.78 is 10.9. The summed E-state index contributed by atoms with van der Waals surface area (Å²) in [5.41, 5.74) is 1.21. The molecule has 0 bridgehead atoms. The number of hydrogen-bond donors (Lipinski definition) is 0. The van der Waals surface area contributed by atoms with E-state index >= 15 is 0 Å². The number of hydrogen-bond acceptors (Lipinski definition) is 2. The first kappa shape index (κ1) is 16.9. The zero-order valence-electron chi connectivity index (χ0n) is 13.4. The molecule has 0 atom stereocenters. The van der Waals surface area contributed by atoms with E-state index in [0.29, 0.717) is 0 Å². The summed E-state index contributed by atoms with van der Waals surface area (Å²) in [5.74, 6) is 1.90. The summed E-state index contributed by atoms with van der Waals surface area (Å²) in [7, 11) is 3.46. The van der Waals surface area contributed by atoms with Crippen LogP contribution >= 0.6 is 0 Å². The Morgan fingerprint density at radius 1 is 0.750 bits per heavy atom. The standard InChI is InChI=1S/C18H30O2/c1-4-5-6-7-8-9-10-11-13-16-17(19-2)14-12-15-18(16)20-3/h12,14-15H,4-11,13H2,1-3H3. The Kier molecular flexibility index (Phi) is 8.93. The first-order chi connectivity index (χ1) is 9.83. The maximum Gasteiger partial charge on any atom is 0.125 e. The van der Waals surface area contributed by atoms with Crippen LogP contribution in [-0.2, 0) is 6.42 Å². The van der Waals surface area contributed by atoms with Crippen LogP contribution in [0.3, 0.4) is 0 Å². The van der Waals surface area contributed by atoms with Gasteiger partial charge in [-0.2, -0.15) is 0 Å². The monoisotopic (exact) mass is 278 g/mol. The molecule has 2 nitrogen and oxygen atoms in total. The molecule has 0 aliphatic heterocycles. The van der Waals surface area contributed by atoms with E-state index in [4.69, 9.17) is 9.47 Å². The summed E-state index contributed by atoms with van der Waals surface area (Å²) in [6.45, 7) is 2.26. The summed E-state index contributed by atoms with van der Waals surface area (Å²) in [6, 6.07) is 6.01. The van der Waals surface area contributed by atoms with Gasteiger partial charge in [-0.3, -0.25) is 0 Å². The maximum atomic E-state index is 5.43. The molecule has 0 saturated carbocycles. The topological polar surface area (TPSA) is 18.5 Å². The van der Waals surface area contributed by atoms with Gasteiger partial charge in [-0.15, -0.1) is 0 Å². The average Bonchev–Trinajstić information content (AvgIpc) is 2.49. The second-order valence-corrected chi connectivity index (χ2v) is 5.37. The third kappa shape index (κ3) is 5.85. The van der Waals surface area contributed by atoms with E-state index in [9.17, 15) is 0 Å². The molecule has 0 N–H and O–H groups in total. The van der Waals surface area contributed by atoms with Crippen LogP contribution in [0, 0.1) is 0 Å². The van der Waals surface area contributed by atoms with Crippen molar-refractivity contribution in [1.82, 2.24) is 0 Å². The molecular formula is C18H30O2. The zero-order chi connectivity index (χ0) is 14.6. The minimum absolute atomic E-state index is 0.951. The van der Waals surface area contributed by atoms with E-state index < -0.39 is 0 Å². The highest BCUT2D eigenvalue weighted by atomic mass is 16.5. The highest BCUT2D eigenvalue weighted by Crippen LogP contribution is 2.29. The first-order valence-corrected chi connectivity index (χ1v) is 8.03. The third-order valence-electron chi connectivity index (χ3n) is 3.81. The van der Waals surface area contributed by atoms with Crippen LogP contribution in [0.5, 0.6) is 11.5 Å². The van der Waals surface area contributed by atoms with E-state index in [1.807, 2.05) is 18.2 Å². The van der Waals surface area contributed by atoms with Gasteiger partial charge in [-0.05, 0) is 25.0 Å². The molecule has 2 heteroatoms. The first-order valence-electron chi connectivity index (χ1n) is 8.03. The van der Waals surface area contributed by atoms with Gasteiger partial charge in [0, 0.05) is 5.56 Å². The molecule has 0 amide bonds. The summed E-state index contributed by atoms with van der Waals surface area (Å²) in [5, 5.41) is 0. The van der Waals surface area contributed by atoms with Crippen molar-refractivity contribution in [1.29, 1.82) is 0 Å². The SMILES string of the molecule is CCCCCCCCCCc1c(OC)cccc1OC. The summed E-state index contributed by atoms with van der Waals surface area (Å²) >= 11 is 0. The van der Waals surface area contributed by atoms with Gasteiger partial charge in [0.1, 0.15) is 11.5 Å². The van der Waals surface area contributed by atoms with Crippen molar-refractivity contribution in [3.8, 4) is 11.5 Å². The Morgan fingerprint density at radius 2 is 1.25 bits per heavy atom. The van der Waals surface area contributed by atoms with E-state index in [2.05, 4.69) is 6.92 Å². The van der Waals surface area contributed by atoms with Gasteiger partial charge in [0.15, 0.2) is 0 Å². The molecule has 114 valence electrons. The Labute approximate surface area is 124 Å². The quantitative estimate of drug-likeness (QED) is 0.505. The fourth-order valence-corrected chi connectivity index (χ4v) is 2.61. The van der Waals surface area contributed by atoms with Crippen LogP contribution in [0.2, 0.25) is 0 Å². The molecule has 1 aromatic rings. The van der Waals surface area contributed by atoms with Crippen LogP contribution in [0.1, 0.15) is 63.9 Å². The predicted molar refractivity (Wildman–Crippen MR) is 85.9 cm³/mol. The lowest BCUT2D eigenvalue weighted by molar-refractivity contribution is 0.384. The second-order valence-electron chi connectivity index (χ2n) is 5.37. The minimum atomic E-state index is 0.951. The van der Waals surface area contributed by atoms with Crippen LogP contribution in [0.25, 0.3) is 0 Å². The molecule has 0 radical (unpaired) electrons. The highest BCUT2D eigenvalue weighted by Gasteiger charge is 2.08. The average molecular weight is 278 g/mol. The molecule has 0 spiro atoms. The van der Waals surface area contributed by atoms with E-state index in [1.54, 1.807) is 14.2 Å². The third-order valence-corrected chi connectivity index (χ3v) is 3.81. The van der Waals surface area contributed by atoms with Crippen molar-refractivity contribution < 1.29 is 9.47 Å². The molecule has 0 heterocycles. The Morgan fingerprint density at radius 3 is 1.75 bits per heavy atom.